The average Bonchev–Trinajstić information content (AvgIpc) is 2.98. The van der Waals surface area contributed by atoms with Crippen molar-refractivity contribution in [3.05, 3.63) is 35.5 Å². The van der Waals surface area contributed by atoms with E-state index in [-0.39, 0.29) is 23.1 Å². The van der Waals surface area contributed by atoms with Gasteiger partial charge in [-0.2, -0.15) is 16.7 Å². The molecule has 2 N–H and O–H groups in total. The zero-order valence-electron chi connectivity index (χ0n) is 13.2. The lowest BCUT2D eigenvalue weighted by atomic mass is 10.1. The fraction of sp³-hybridized carbons (Fsp3) is 0.400. The van der Waals surface area contributed by atoms with Crippen molar-refractivity contribution in [1.82, 2.24) is 15.0 Å². The third-order valence-corrected chi connectivity index (χ3v) is 4.27. The molecular formula is C15H19N3O4S. The molecule has 124 valence electrons. The quantitative estimate of drug-likeness (QED) is 0.781. The first kappa shape index (κ1) is 17.1. The van der Waals surface area contributed by atoms with Crippen LogP contribution in [0, 0.1) is 0 Å². The molecule has 0 unspecified atom stereocenters. The molecule has 0 bridgehead atoms. The fourth-order valence-corrected chi connectivity index (χ4v) is 2.75. The van der Waals surface area contributed by atoms with Crippen molar-refractivity contribution in [3.63, 3.8) is 0 Å². The van der Waals surface area contributed by atoms with E-state index in [1.165, 1.54) is 23.1 Å². The van der Waals surface area contributed by atoms with Crippen LogP contribution in [-0.2, 0) is 6.54 Å². The van der Waals surface area contributed by atoms with Crippen LogP contribution in [0.2, 0.25) is 0 Å². The lowest BCUT2D eigenvalue weighted by molar-refractivity contribution is 0.0766. The highest BCUT2D eigenvalue weighted by Gasteiger charge is 2.21. The van der Waals surface area contributed by atoms with Gasteiger partial charge in [-0.05, 0) is 24.8 Å². The molecule has 0 aliphatic rings. The average molecular weight is 337 g/mol. The maximum Gasteiger partial charge on any atom is 0.257 e. The Kier molecular flexibility index (Phi) is 5.49. The Morgan fingerprint density at radius 3 is 2.87 bits per heavy atom. The summed E-state index contributed by atoms with van der Waals surface area (Å²) in [6.45, 7) is 4.16. The predicted octanol–water partition coefficient (Wildman–Crippen LogP) is 2.57. The maximum atomic E-state index is 12.3. The Hall–Kier alpha value is -2.22. The van der Waals surface area contributed by atoms with Crippen molar-refractivity contribution >= 4 is 17.7 Å². The number of amides is 1. The first-order valence-corrected chi connectivity index (χ1v) is 8.19. The summed E-state index contributed by atoms with van der Waals surface area (Å²) >= 11 is 1.70. The third kappa shape index (κ3) is 3.95. The Labute approximate surface area is 138 Å². The number of carbonyl (C=O) groups is 1. The minimum Gasteiger partial charge on any atom is -0.504 e. The lowest BCUT2D eigenvalue weighted by Gasteiger charge is -2.15. The van der Waals surface area contributed by atoms with Gasteiger partial charge in [-0.25, -0.2) is 0 Å². The molecule has 1 aromatic carbocycles. The first-order chi connectivity index (χ1) is 10.9. The van der Waals surface area contributed by atoms with Gasteiger partial charge in [0.05, 0.1) is 17.4 Å². The molecule has 1 amide bonds. The largest absolute Gasteiger partial charge is 0.504 e. The SMILES string of the molecule is CCS[C@@H](C)c1noc(CN(C)C(=O)c2cccc(O)c2O)n1. The van der Waals surface area contributed by atoms with Gasteiger partial charge in [-0.3, -0.25) is 4.79 Å². The van der Waals surface area contributed by atoms with E-state index in [0.717, 1.165) is 5.75 Å². The number of hydrogen-bond acceptors (Lipinski definition) is 7. The molecule has 0 radical (unpaired) electrons. The van der Waals surface area contributed by atoms with Gasteiger partial charge in [-0.15, -0.1) is 0 Å². The summed E-state index contributed by atoms with van der Waals surface area (Å²) in [5.41, 5.74) is 0.0159. The van der Waals surface area contributed by atoms with E-state index in [1.54, 1.807) is 18.8 Å². The molecule has 23 heavy (non-hydrogen) atoms. The lowest BCUT2D eigenvalue weighted by Crippen LogP contribution is -2.26. The van der Waals surface area contributed by atoms with Crippen LogP contribution in [0.25, 0.3) is 0 Å². The van der Waals surface area contributed by atoms with Crippen LogP contribution in [0.4, 0.5) is 0 Å². The van der Waals surface area contributed by atoms with E-state index in [1.807, 2.05) is 6.92 Å². The summed E-state index contributed by atoms with van der Waals surface area (Å²) < 4.78 is 5.16. The van der Waals surface area contributed by atoms with Gasteiger partial charge < -0.3 is 19.6 Å². The molecule has 2 aromatic rings. The van der Waals surface area contributed by atoms with E-state index in [4.69, 9.17) is 4.52 Å². The number of aromatic hydroxyl groups is 2. The van der Waals surface area contributed by atoms with Gasteiger partial charge in [0.2, 0.25) is 5.89 Å². The highest BCUT2D eigenvalue weighted by Crippen LogP contribution is 2.29. The third-order valence-electron chi connectivity index (χ3n) is 3.23. The topological polar surface area (TPSA) is 99.7 Å². The molecular weight excluding hydrogens is 318 g/mol. The summed E-state index contributed by atoms with van der Waals surface area (Å²) in [6, 6.07) is 4.24. The fourth-order valence-electron chi connectivity index (χ4n) is 2.01. The predicted molar refractivity (Wildman–Crippen MR) is 86.4 cm³/mol. The van der Waals surface area contributed by atoms with Crippen LogP contribution in [0.3, 0.4) is 0 Å². The van der Waals surface area contributed by atoms with Crippen molar-refractivity contribution in [1.29, 1.82) is 0 Å². The Morgan fingerprint density at radius 2 is 2.17 bits per heavy atom. The Balaban J connectivity index is 2.08. The molecule has 0 fully saturated rings. The number of thioether (sulfide) groups is 1. The first-order valence-electron chi connectivity index (χ1n) is 7.14. The van der Waals surface area contributed by atoms with Crippen LogP contribution in [0.5, 0.6) is 11.5 Å². The zero-order valence-corrected chi connectivity index (χ0v) is 14.0. The van der Waals surface area contributed by atoms with Gasteiger partial charge in [0.15, 0.2) is 17.3 Å². The monoisotopic (exact) mass is 337 g/mol. The van der Waals surface area contributed by atoms with E-state index >= 15 is 0 Å². The second kappa shape index (κ2) is 7.36. The number of nitrogens with zero attached hydrogens (tertiary/aromatic N) is 3. The van der Waals surface area contributed by atoms with Crippen LogP contribution in [0.1, 0.15) is 41.2 Å². The normalized spacial score (nSPS) is 12.1. The summed E-state index contributed by atoms with van der Waals surface area (Å²) in [5, 5.41) is 23.3. The molecule has 2 rings (SSSR count). The molecule has 1 aromatic heterocycles. The van der Waals surface area contributed by atoms with Gasteiger partial charge in [-0.1, -0.05) is 18.1 Å². The van der Waals surface area contributed by atoms with Crippen molar-refractivity contribution in [2.45, 2.75) is 25.6 Å². The van der Waals surface area contributed by atoms with Gasteiger partial charge >= 0.3 is 0 Å². The zero-order chi connectivity index (χ0) is 17.0. The van der Waals surface area contributed by atoms with Gasteiger partial charge in [0.1, 0.15) is 0 Å². The summed E-state index contributed by atoms with van der Waals surface area (Å²) in [5.74, 6) is 0.625. The number of carbonyl (C=O) groups excluding carboxylic acids is 1. The number of aromatic nitrogens is 2. The summed E-state index contributed by atoms with van der Waals surface area (Å²) in [6.07, 6.45) is 0. The highest BCUT2D eigenvalue weighted by molar-refractivity contribution is 7.99. The van der Waals surface area contributed by atoms with Crippen molar-refractivity contribution in [3.8, 4) is 11.5 Å². The summed E-state index contributed by atoms with van der Waals surface area (Å²) in [7, 11) is 1.56. The van der Waals surface area contributed by atoms with E-state index in [0.29, 0.717) is 11.7 Å². The van der Waals surface area contributed by atoms with E-state index in [9.17, 15) is 15.0 Å². The second-order valence-corrected chi connectivity index (χ2v) is 6.60. The van der Waals surface area contributed by atoms with Crippen LogP contribution >= 0.6 is 11.8 Å². The number of benzene rings is 1. The highest BCUT2D eigenvalue weighted by atomic mass is 32.2. The molecule has 0 saturated carbocycles. The van der Waals surface area contributed by atoms with Gasteiger partial charge in [0.25, 0.3) is 5.91 Å². The van der Waals surface area contributed by atoms with Crippen LogP contribution in [0.15, 0.2) is 22.7 Å². The standard InChI is InChI=1S/C15H19N3O4S/c1-4-23-9(2)14-16-12(22-17-14)8-18(3)15(21)10-6-5-7-11(19)13(10)20/h5-7,9,19-20H,4,8H2,1-3H3/t9-/m0/s1. The van der Waals surface area contributed by atoms with E-state index in [2.05, 4.69) is 17.1 Å². The number of para-hydroxylation sites is 1. The number of phenols is 2. The van der Waals surface area contributed by atoms with Crippen molar-refractivity contribution in [2.75, 3.05) is 12.8 Å². The molecule has 0 spiro atoms. The molecule has 0 saturated heterocycles. The van der Waals surface area contributed by atoms with E-state index < -0.39 is 11.7 Å². The number of phenolic OH excluding ortho intramolecular Hbond substituents is 2. The molecule has 7 nitrogen and oxygen atoms in total. The van der Waals surface area contributed by atoms with Gasteiger partial charge in [0, 0.05) is 7.05 Å². The van der Waals surface area contributed by atoms with Crippen molar-refractivity contribution in [2.24, 2.45) is 0 Å². The minimum absolute atomic E-state index is 0.0159. The molecule has 8 heteroatoms. The Bertz CT molecular complexity index is 689. The Morgan fingerprint density at radius 1 is 1.43 bits per heavy atom. The minimum atomic E-state index is -0.450. The smallest absolute Gasteiger partial charge is 0.257 e. The molecule has 1 atom stereocenters. The van der Waals surface area contributed by atoms with Crippen LogP contribution in [-0.4, -0.2) is 44.0 Å². The molecule has 0 aliphatic carbocycles. The number of hydrogen-bond donors (Lipinski definition) is 2. The van der Waals surface area contributed by atoms with Crippen molar-refractivity contribution < 1.29 is 19.5 Å². The maximum absolute atomic E-state index is 12.3. The molecule has 1 heterocycles. The van der Waals surface area contributed by atoms with Crippen LogP contribution < -0.4 is 0 Å². The second-order valence-electron chi connectivity index (χ2n) is 4.98. The number of rotatable bonds is 6. The summed E-state index contributed by atoms with van der Waals surface area (Å²) in [4.78, 5) is 17.9. The molecule has 0 aliphatic heterocycles.